The van der Waals surface area contributed by atoms with Gasteiger partial charge in [0.2, 0.25) is 5.91 Å². The Labute approximate surface area is 104 Å². The maximum Gasteiger partial charge on any atom is 0.224 e. The van der Waals surface area contributed by atoms with Crippen LogP contribution in [0.25, 0.3) is 0 Å². The highest BCUT2D eigenvalue weighted by Gasteiger charge is 2.08. The molecule has 1 aromatic rings. The van der Waals surface area contributed by atoms with Gasteiger partial charge in [-0.15, -0.1) is 0 Å². The second kappa shape index (κ2) is 5.66. The number of rotatable bonds is 3. The van der Waals surface area contributed by atoms with Crippen LogP contribution in [0.15, 0.2) is 22.7 Å². The molecule has 0 aliphatic rings. The quantitative estimate of drug-likeness (QED) is 0.924. The van der Waals surface area contributed by atoms with Gasteiger partial charge < -0.3 is 5.32 Å². The monoisotopic (exact) mass is 280 g/mol. The fourth-order valence-electron chi connectivity index (χ4n) is 1.29. The summed E-state index contributed by atoms with van der Waals surface area (Å²) in [7, 11) is 0. The van der Waals surface area contributed by atoms with Crippen LogP contribution >= 0.6 is 15.9 Å². The largest absolute Gasteiger partial charge is 0.325 e. The van der Waals surface area contributed by atoms with Crippen molar-refractivity contribution in [3.63, 3.8) is 0 Å². The van der Waals surface area contributed by atoms with Crippen molar-refractivity contribution in [2.24, 2.45) is 5.92 Å². The number of nitriles is 1. The van der Waals surface area contributed by atoms with Gasteiger partial charge in [0.25, 0.3) is 0 Å². The van der Waals surface area contributed by atoms with Gasteiger partial charge in [0.05, 0.1) is 11.3 Å². The molecular formula is C12H13BrN2O. The minimum absolute atomic E-state index is 0.0652. The van der Waals surface area contributed by atoms with Gasteiger partial charge in [0.1, 0.15) is 6.07 Å². The van der Waals surface area contributed by atoms with E-state index in [0.717, 1.165) is 4.47 Å². The lowest BCUT2D eigenvalue weighted by atomic mass is 10.1. The van der Waals surface area contributed by atoms with Gasteiger partial charge in [0, 0.05) is 10.9 Å². The van der Waals surface area contributed by atoms with E-state index in [2.05, 4.69) is 21.2 Å². The smallest absolute Gasteiger partial charge is 0.224 e. The highest BCUT2D eigenvalue weighted by Crippen LogP contribution is 2.21. The molecule has 0 atom stereocenters. The van der Waals surface area contributed by atoms with Gasteiger partial charge in [-0.3, -0.25) is 4.79 Å². The summed E-state index contributed by atoms with van der Waals surface area (Å²) in [6, 6.07) is 7.23. The molecule has 0 fully saturated rings. The maximum atomic E-state index is 11.6. The van der Waals surface area contributed by atoms with Gasteiger partial charge in [-0.1, -0.05) is 29.8 Å². The van der Waals surface area contributed by atoms with E-state index in [1.165, 1.54) is 0 Å². The van der Waals surface area contributed by atoms with E-state index in [4.69, 9.17) is 5.26 Å². The van der Waals surface area contributed by atoms with Crippen LogP contribution in [0.4, 0.5) is 5.69 Å². The van der Waals surface area contributed by atoms with Crippen molar-refractivity contribution < 1.29 is 4.79 Å². The zero-order valence-corrected chi connectivity index (χ0v) is 10.8. The van der Waals surface area contributed by atoms with Gasteiger partial charge in [-0.25, -0.2) is 0 Å². The van der Waals surface area contributed by atoms with Crippen molar-refractivity contribution in [1.82, 2.24) is 0 Å². The molecule has 0 unspecified atom stereocenters. The highest BCUT2D eigenvalue weighted by atomic mass is 79.9. The lowest BCUT2D eigenvalue weighted by Gasteiger charge is -2.08. The van der Waals surface area contributed by atoms with E-state index >= 15 is 0 Å². The Kier molecular flexibility index (Phi) is 4.51. The molecule has 1 amide bonds. The number of nitrogens with one attached hydrogen (secondary N) is 1. The zero-order valence-electron chi connectivity index (χ0n) is 9.25. The number of halogens is 1. The second-order valence-corrected chi connectivity index (χ2v) is 4.86. The van der Waals surface area contributed by atoms with E-state index in [-0.39, 0.29) is 5.91 Å². The van der Waals surface area contributed by atoms with Crippen molar-refractivity contribution in [2.75, 3.05) is 5.32 Å². The van der Waals surface area contributed by atoms with Gasteiger partial charge in [-0.05, 0) is 24.1 Å². The standard InChI is InChI=1S/C12H13BrN2O/c1-8(2)5-12(16)15-11-6-10(13)4-3-9(11)7-14/h3-4,6,8H,5H2,1-2H3,(H,15,16). The summed E-state index contributed by atoms with van der Waals surface area (Å²) >= 11 is 3.31. The summed E-state index contributed by atoms with van der Waals surface area (Å²) in [6.07, 6.45) is 0.456. The highest BCUT2D eigenvalue weighted by molar-refractivity contribution is 9.10. The third-order valence-electron chi connectivity index (χ3n) is 1.97. The first-order chi connectivity index (χ1) is 7.52. The number of benzene rings is 1. The summed E-state index contributed by atoms with van der Waals surface area (Å²) in [5.74, 6) is 0.238. The number of carbonyl (C=O) groups is 1. The molecule has 0 radical (unpaired) electrons. The maximum absolute atomic E-state index is 11.6. The molecule has 0 spiro atoms. The van der Waals surface area contributed by atoms with E-state index in [9.17, 15) is 4.79 Å². The average molecular weight is 281 g/mol. The minimum atomic E-state index is -0.0652. The molecule has 1 rings (SSSR count). The SMILES string of the molecule is CC(C)CC(=O)Nc1cc(Br)ccc1C#N. The van der Waals surface area contributed by atoms with Crippen molar-refractivity contribution in [2.45, 2.75) is 20.3 Å². The molecule has 0 saturated heterocycles. The first-order valence-electron chi connectivity index (χ1n) is 5.02. The number of hydrogen-bond donors (Lipinski definition) is 1. The fraction of sp³-hybridized carbons (Fsp3) is 0.333. The molecule has 3 nitrogen and oxygen atoms in total. The van der Waals surface area contributed by atoms with Gasteiger partial charge in [0.15, 0.2) is 0 Å². The summed E-state index contributed by atoms with van der Waals surface area (Å²) in [5, 5.41) is 11.6. The molecule has 16 heavy (non-hydrogen) atoms. The Morgan fingerprint density at radius 1 is 1.56 bits per heavy atom. The van der Waals surface area contributed by atoms with Gasteiger partial charge >= 0.3 is 0 Å². The molecule has 0 aliphatic carbocycles. The Bertz CT molecular complexity index is 435. The van der Waals surface area contributed by atoms with Crippen LogP contribution in [0.1, 0.15) is 25.8 Å². The number of carbonyl (C=O) groups excluding carboxylic acids is 1. The molecule has 1 aromatic carbocycles. The van der Waals surface area contributed by atoms with Crippen LogP contribution in [0, 0.1) is 17.2 Å². The Morgan fingerprint density at radius 2 is 2.25 bits per heavy atom. The molecule has 0 saturated carbocycles. The van der Waals surface area contributed by atoms with Crippen LogP contribution in [-0.4, -0.2) is 5.91 Å². The minimum Gasteiger partial charge on any atom is -0.325 e. The normalized spacial score (nSPS) is 9.94. The Hall–Kier alpha value is -1.34. The lowest BCUT2D eigenvalue weighted by Crippen LogP contribution is -2.14. The Balaban J connectivity index is 2.84. The van der Waals surface area contributed by atoms with Crippen molar-refractivity contribution in [1.29, 1.82) is 5.26 Å². The van der Waals surface area contributed by atoms with E-state index < -0.39 is 0 Å². The van der Waals surface area contributed by atoms with E-state index in [1.54, 1.807) is 18.2 Å². The zero-order chi connectivity index (χ0) is 12.1. The van der Waals surface area contributed by atoms with E-state index in [0.29, 0.717) is 23.6 Å². The predicted octanol–water partition coefficient (Wildman–Crippen LogP) is 3.31. The van der Waals surface area contributed by atoms with Crippen LogP contribution in [0.3, 0.4) is 0 Å². The van der Waals surface area contributed by atoms with Gasteiger partial charge in [-0.2, -0.15) is 5.26 Å². The van der Waals surface area contributed by atoms with Crippen molar-refractivity contribution >= 4 is 27.5 Å². The third-order valence-corrected chi connectivity index (χ3v) is 2.46. The van der Waals surface area contributed by atoms with Crippen molar-refractivity contribution in [3.05, 3.63) is 28.2 Å². The Morgan fingerprint density at radius 3 is 2.81 bits per heavy atom. The van der Waals surface area contributed by atoms with Crippen molar-refractivity contribution in [3.8, 4) is 6.07 Å². The summed E-state index contributed by atoms with van der Waals surface area (Å²) in [5.41, 5.74) is 1.03. The summed E-state index contributed by atoms with van der Waals surface area (Å²) in [6.45, 7) is 3.96. The first kappa shape index (κ1) is 12.7. The van der Waals surface area contributed by atoms with E-state index in [1.807, 2.05) is 19.9 Å². The fourth-order valence-corrected chi connectivity index (χ4v) is 1.65. The number of amides is 1. The molecule has 1 N–H and O–H groups in total. The number of hydrogen-bond acceptors (Lipinski definition) is 2. The van der Waals surface area contributed by atoms with Crippen LogP contribution in [-0.2, 0) is 4.79 Å². The summed E-state index contributed by atoms with van der Waals surface area (Å²) in [4.78, 5) is 11.6. The van der Waals surface area contributed by atoms with Crippen LogP contribution in [0.2, 0.25) is 0 Å². The number of anilines is 1. The molecule has 84 valence electrons. The topological polar surface area (TPSA) is 52.9 Å². The molecule has 4 heteroatoms. The molecule has 0 bridgehead atoms. The molecule has 0 heterocycles. The number of nitrogens with zero attached hydrogens (tertiary/aromatic N) is 1. The molecule has 0 aromatic heterocycles. The third kappa shape index (κ3) is 3.67. The van der Waals surface area contributed by atoms with Crippen LogP contribution < -0.4 is 5.32 Å². The summed E-state index contributed by atoms with van der Waals surface area (Å²) < 4.78 is 0.839. The predicted molar refractivity (Wildman–Crippen MR) is 66.9 cm³/mol. The first-order valence-corrected chi connectivity index (χ1v) is 5.81. The molecule has 0 aliphatic heterocycles. The average Bonchev–Trinajstić information content (AvgIpc) is 2.16. The second-order valence-electron chi connectivity index (χ2n) is 3.95. The molecular weight excluding hydrogens is 268 g/mol. The van der Waals surface area contributed by atoms with Crippen LogP contribution in [0.5, 0.6) is 0 Å². The lowest BCUT2D eigenvalue weighted by molar-refractivity contribution is -0.116.